The molecule has 0 saturated heterocycles. The molecule has 0 spiro atoms. The lowest BCUT2D eigenvalue weighted by molar-refractivity contribution is 0.283. The van der Waals surface area contributed by atoms with E-state index in [1.54, 1.807) is 0 Å². The smallest absolute Gasteiger partial charge is 0.191 e. The lowest BCUT2D eigenvalue weighted by atomic mass is 10.1. The number of hydrogen-bond acceptors (Lipinski definition) is 1. The predicted molar refractivity (Wildman–Crippen MR) is 91.7 cm³/mol. The molecule has 0 bridgehead atoms. The molecule has 0 aliphatic heterocycles. The van der Waals surface area contributed by atoms with Gasteiger partial charge in [-0.1, -0.05) is 63.3 Å². The van der Waals surface area contributed by atoms with Gasteiger partial charge in [0.1, 0.15) is 0 Å². The van der Waals surface area contributed by atoms with Gasteiger partial charge < -0.3 is 4.43 Å². The summed E-state index contributed by atoms with van der Waals surface area (Å²) in [5.74, 6) is 0. The molecule has 0 aliphatic carbocycles. The Balaban J connectivity index is 2.16. The highest BCUT2D eigenvalue weighted by molar-refractivity contribution is 6.74. The van der Waals surface area contributed by atoms with Crippen molar-refractivity contribution in [1.29, 1.82) is 0 Å². The van der Waals surface area contributed by atoms with Crippen molar-refractivity contribution >= 4 is 8.32 Å². The quantitative estimate of drug-likeness (QED) is 0.361. The highest BCUT2D eigenvalue weighted by atomic mass is 28.4. The molecule has 0 N–H and O–H groups in total. The van der Waals surface area contributed by atoms with E-state index in [0.717, 1.165) is 25.9 Å². The minimum absolute atomic E-state index is 0.316. The Kier molecular flexibility index (Phi) is 6.70. The standard InChI is InChI=1S/C18H30OSi/c1-18(2,3)20(4,5)19-16-12-7-6-9-13-17-14-10-8-11-15-17/h6,8-11,14-15H,7,12-13,16H2,1-5H3. The summed E-state index contributed by atoms with van der Waals surface area (Å²) >= 11 is 0. The van der Waals surface area contributed by atoms with Crippen LogP contribution >= 0.6 is 0 Å². The van der Waals surface area contributed by atoms with Gasteiger partial charge in [-0.3, -0.25) is 0 Å². The summed E-state index contributed by atoms with van der Waals surface area (Å²) in [5.41, 5.74) is 1.38. The van der Waals surface area contributed by atoms with Crippen molar-refractivity contribution < 1.29 is 4.43 Å². The van der Waals surface area contributed by atoms with E-state index < -0.39 is 8.32 Å². The van der Waals surface area contributed by atoms with Crippen LogP contribution in [0.15, 0.2) is 42.5 Å². The summed E-state index contributed by atoms with van der Waals surface area (Å²) in [6, 6.07) is 10.6. The first-order chi connectivity index (χ1) is 9.33. The van der Waals surface area contributed by atoms with E-state index in [0.29, 0.717) is 5.04 Å². The van der Waals surface area contributed by atoms with Gasteiger partial charge in [0.2, 0.25) is 0 Å². The van der Waals surface area contributed by atoms with Crippen LogP contribution in [0.1, 0.15) is 39.2 Å². The second-order valence-electron chi connectivity index (χ2n) is 6.91. The molecule has 1 nitrogen and oxygen atoms in total. The topological polar surface area (TPSA) is 9.23 Å². The Morgan fingerprint density at radius 3 is 2.30 bits per heavy atom. The first kappa shape index (κ1) is 17.2. The van der Waals surface area contributed by atoms with Crippen molar-refractivity contribution in [1.82, 2.24) is 0 Å². The van der Waals surface area contributed by atoms with Crippen LogP contribution in [0.2, 0.25) is 18.1 Å². The molecule has 0 atom stereocenters. The number of benzene rings is 1. The first-order valence-corrected chi connectivity index (χ1v) is 10.6. The third-order valence-electron chi connectivity index (χ3n) is 4.15. The Bertz CT molecular complexity index is 401. The van der Waals surface area contributed by atoms with Gasteiger partial charge in [0.25, 0.3) is 0 Å². The molecular weight excluding hydrogens is 260 g/mol. The predicted octanol–water partition coefficient (Wildman–Crippen LogP) is 5.59. The van der Waals surface area contributed by atoms with Gasteiger partial charge in [-0.25, -0.2) is 0 Å². The maximum absolute atomic E-state index is 6.16. The minimum atomic E-state index is -1.55. The normalized spacial score (nSPS) is 13.1. The van der Waals surface area contributed by atoms with Gasteiger partial charge in [-0.05, 0) is 43.0 Å². The largest absolute Gasteiger partial charge is 0.417 e. The molecule has 2 heteroatoms. The van der Waals surface area contributed by atoms with Gasteiger partial charge in [-0.15, -0.1) is 0 Å². The van der Waals surface area contributed by atoms with E-state index in [4.69, 9.17) is 4.43 Å². The van der Waals surface area contributed by atoms with E-state index >= 15 is 0 Å². The van der Waals surface area contributed by atoms with Crippen LogP contribution in [0.3, 0.4) is 0 Å². The summed E-state index contributed by atoms with van der Waals surface area (Å²) in [4.78, 5) is 0. The summed E-state index contributed by atoms with van der Waals surface area (Å²) in [5, 5.41) is 0.316. The third-order valence-corrected chi connectivity index (χ3v) is 8.69. The molecule has 0 saturated carbocycles. The van der Waals surface area contributed by atoms with Crippen molar-refractivity contribution in [3.63, 3.8) is 0 Å². The van der Waals surface area contributed by atoms with Crippen LogP contribution in [0.4, 0.5) is 0 Å². The number of unbranched alkanes of at least 4 members (excludes halogenated alkanes) is 1. The molecule has 0 unspecified atom stereocenters. The van der Waals surface area contributed by atoms with Crippen molar-refractivity contribution in [3.8, 4) is 0 Å². The zero-order valence-corrected chi connectivity index (χ0v) is 14.8. The fourth-order valence-electron chi connectivity index (χ4n) is 1.70. The monoisotopic (exact) mass is 290 g/mol. The molecule has 0 fully saturated rings. The zero-order chi connectivity index (χ0) is 15.1. The molecule has 0 aromatic heterocycles. The van der Waals surface area contributed by atoms with E-state index in [1.807, 2.05) is 0 Å². The van der Waals surface area contributed by atoms with Crippen molar-refractivity contribution in [3.05, 3.63) is 48.0 Å². The second kappa shape index (κ2) is 7.80. The number of rotatable bonds is 7. The number of hydrogen-bond donors (Lipinski definition) is 0. The van der Waals surface area contributed by atoms with Gasteiger partial charge >= 0.3 is 0 Å². The SMILES string of the molecule is CC(C)(C)[Si](C)(C)OCCCC=CCc1ccccc1. The lowest BCUT2D eigenvalue weighted by Crippen LogP contribution is -2.40. The summed E-state index contributed by atoms with van der Waals surface area (Å²) < 4.78 is 6.16. The van der Waals surface area contributed by atoms with Crippen LogP contribution in [0.5, 0.6) is 0 Å². The van der Waals surface area contributed by atoms with Gasteiger partial charge in [-0.2, -0.15) is 0 Å². The maximum Gasteiger partial charge on any atom is 0.191 e. The average Bonchev–Trinajstić information content (AvgIpc) is 2.37. The highest BCUT2D eigenvalue weighted by Crippen LogP contribution is 2.36. The van der Waals surface area contributed by atoms with Crippen molar-refractivity contribution in [2.75, 3.05) is 6.61 Å². The van der Waals surface area contributed by atoms with Crippen LogP contribution in [-0.4, -0.2) is 14.9 Å². The van der Waals surface area contributed by atoms with Crippen molar-refractivity contribution in [2.45, 2.75) is 58.2 Å². The van der Waals surface area contributed by atoms with Gasteiger partial charge in [0.15, 0.2) is 8.32 Å². The van der Waals surface area contributed by atoms with E-state index in [2.05, 4.69) is 76.3 Å². The maximum atomic E-state index is 6.16. The Labute approximate surface area is 126 Å². The van der Waals surface area contributed by atoms with Crippen LogP contribution in [-0.2, 0) is 10.8 Å². The molecule has 0 heterocycles. The molecule has 1 aromatic rings. The average molecular weight is 291 g/mol. The molecule has 0 aliphatic rings. The van der Waals surface area contributed by atoms with Crippen molar-refractivity contribution in [2.24, 2.45) is 0 Å². The fourth-order valence-corrected chi connectivity index (χ4v) is 2.78. The Morgan fingerprint density at radius 1 is 1.05 bits per heavy atom. The molecule has 112 valence electrons. The van der Waals surface area contributed by atoms with Crippen LogP contribution in [0.25, 0.3) is 0 Å². The molecular formula is C18H30OSi. The van der Waals surface area contributed by atoms with Crippen LogP contribution < -0.4 is 0 Å². The van der Waals surface area contributed by atoms with Gasteiger partial charge in [0, 0.05) is 6.61 Å². The van der Waals surface area contributed by atoms with E-state index in [-0.39, 0.29) is 0 Å². The molecule has 1 aromatic carbocycles. The molecule has 1 rings (SSSR count). The Morgan fingerprint density at radius 2 is 1.70 bits per heavy atom. The summed E-state index contributed by atoms with van der Waals surface area (Å²) in [6.07, 6.45) is 7.81. The fraction of sp³-hybridized carbons (Fsp3) is 0.556. The van der Waals surface area contributed by atoms with E-state index in [9.17, 15) is 0 Å². The molecule has 0 amide bonds. The zero-order valence-electron chi connectivity index (χ0n) is 13.8. The third kappa shape index (κ3) is 6.06. The lowest BCUT2D eigenvalue weighted by Gasteiger charge is -2.36. The summed E-state index contributed by atoms with van der Waals surface area (Å²) in [6.45, 7) is 12.4. The second-order valence-corrected chi connectivity index (χ2v) is 11.7. The molecule has 20 heavy (non-hydrogen) atoms. The van der Waals surface area contributed by atoms with E-state index in [1.165, 1.54) is 5.56 Å². The molecule has 0 radical (unpaired) electrons. The number of allylic oxidation sites excluding steroid dienone is 2. The highest BCUT2D eigenvalue weighted by Gasteiger charge is 2.36. The van der Waals surface area contributed by atoms with Gasteiger partial charge in [0.05, 0.1) is 0 Å². The Hall–Kier alpha value is -0.863. The summed E-state index contributed by atoms with van der Waals surface area (Å²) in [7, 11) is -1.55. The van der Waals surface area contributed by atoms with Crippen LogP contribution in [0, 0.1) is 0 Å². The first-order valence-electron chi connectivity index (χ1n) is 7.66. The minimum Gasteiger partial charge on any atom is -0.417 e.